The summed E-state index contributed by atoms with van der Waals surface area (Å²) < 4.78 is 9.44. The number of oxazole rings is 1. The second-order valence-electron chi connectivity index (χ2n) is 2.64. The maximum atomic E-state index is 11.0. The SMILES string of the molecule is COC(=O)c1nc2cccc(O)c2o1. The first-order valence-electron chi connectivity index (χ1n) is 3.89. The van der Waals surface area contributed by atoms with Crippen LogP contribution in [0.1, 0.15) is 10.7 Å². The zero-order valence-electron chi connectivity index (χ0n) is 7.35. The van der Waals surface area contributed by atoms with Crippen molar-refractivity contribution in [2.24, 2.45) is 0 Å². The van der Waals surface area contributed by atoms with Gasteiger partial charge in [-0.2, -0.15) is 0 Å². The number of benzene rings is 1. The van der Waals surface area contributed by atoms with Crippen LogP contribution in [0.4, 0.5) is 0 Å². The van der Waals surface area contributed by atoms with Crippen LogP contribution < -0.4 is 0 Å². The van der Waals surface area contributed by atoms with E-state index in [9.17, 15) is 9.90 Å². The zero-order chi connectivity index (χ0) is 10.1. The lowest BCUT2D eigenvalue weighted by molar-refractivity contribution is 0.0558. The molecule has 0 bridgehead atoms. The molecular weight excluding hydrogens is 186 g/mol. The van der Waals surface area contributed by atoms with E-state index < -0.39 is 5.97 Å². The van der Waals surface area contributed by atoms with E-state index in [2.05, 4.69) is 9.72 Å². The first kappa shape index (κ1) is 8.55. The minimum absolute atomic E-state index is 0.0508. The normalized spacial score (nSPS) is 10.4. The Balaban J connectivity index is 2.62. The molecule has 72 valence electrons. The fraction of sp³-hybridized carbons (Fsp3) is 0.111. The number of hydrogen-bond acceptors (Lipinski definition) is 5. The lowest BCUT2D eigenvalue weighted by Gasteiger charge is -1.90. The number of methoxy groups -OCH3 is 1. The smallest absolute Gasteiger partial charge is 0.394 e. The van der Waals surface area contributed by atoms with Crippen LogP contribution in [0.2, 0.25) is 0 Å². The number of hydrogen-bond donors (Lipinski definition) is 1. The molecule has 0 atom stereocenters. The number of carbonyl (C=O) groups excluding carboxylic acids is 1. The summed E-state index contributed by atoms with van der Waals surface area (Å²) in [5.41, 5.74) is 0.610. The average Bonchev–Trinajstić information content (AvgIpc) is 2.62. The van der Waals surface area contributed by atoms with E-state index in [-0.39, 0.29) is 17.2 Å². The van der Waals surface area contributed by atoms with Crippen LogP contribution in [0.5, 0.6) is 5.75 Å². The number of fused-ring (bicyclic) bond motifs is 1. The highest BCUT2D eigenvalue weighted by Gasteiger charge is 2.15. The van der Waals surface area contributed by atoms with Crippen LogP contribution in [-0.2, 0) is 4.74 Å². The number of aromatic hydroxyl groups is 1. The third-order valence-corrected chi connectivity index (χ3v) is 1.75. The van der Waals surface area contributed by atoms with E-state index in [4.69, 9.17) is 4.42 Å². The molecule has 5 nitrogen and oxygen atoms in total. The number of esters is 1. The Morgan fingerprint density at radius 2 is 2.36 bits per heavy atom. The molecule has 2 aromatic rings. The second kappa shape index (κ2) is 3.02. The molecule has 1 aromatic heterocycles. The van der Waals surface area contributed by atoms with Gasteiger partial charge in [0.25, 0.3) is 0 Å². The first-order valence-corrected chi connectivity index (χ1v) is 3.89. The summed E-state index contributed by atoms with van der Waals surface area (Å²) in [6.07, 6.45) is 0. The molecule has 1 N–H and O–H groups in total. The van der Waals surface area contributed by atoms with Gasteiger partial charge in [-0.15, -0.1) is 0 Å². The van der Waals surface area contributed by atoms with E-state index in [1.165, 1.54) is 13.2 Å². The number of ether oxygens (including phenoxy) is 1. The molecule has 0 aliphatic rings. The largest absolute Gasteiger partial charge is 0.504 e. The summed E-state index contributed by atoms with van der Waals surface area (Å²) >= 11 is 0. The molecule has 5 heteroatoms. The predicted molar refractivity (Wildman–Crippen MR) is 47.0 cm³/mol. The number of para-hydroxylation sites is 1. The van der Waals surface area contributed by atoms with E-state index in [1.54, 1.807) is 12.1 Å². The van der Waals surface area contributed by atoms with Crippen molar-refractivity contribution >= 4 is 17.1 Å². The van der Waals surface area contributed by atoms with Crippen LogP contribution >= 0.6 is 0 Å². The Morgan fingerprint density at radius 3 is 3.00 bits per heavy atom. The Hall–Kier alpha value is -2.04. The lowest BCUT2D eigenvalue weighted by atomic mass is 10.3. The summed E-state index contributed by atoms with van der Waals surface area (Å²) in [5.74, 6) is -0.880. The van der Waals surface area contributed by atoms with Crippen LogP contribution in [-0.4, -0.2) is 23.2 Å². The van der Waals surface area contributed by atoms with Crippen molar-refractivity contribution in [3.8, 4) is 5.75 Å². The zero-order valence-corrected chi connectivity index (χ0v) is 7.35. The molecule has 0 radical (unpaired) electrons. The third kappa shape index (κ3) is 1.19. The maximum Gasteiger partial charge on any atom is 0.394 e. The van der Waals surface area contributed by atoms with Crippen molar-refractivity contribution in [3.05, 3.63) is 24.1 Å². The van der Waals surface area contributed by atoms with Gasteiger partial charge in [0.1, 0.15) is 5.52 Å². The van der Waals surface area contributed by atoms with Crippen molar-refractivity contribution in [2.45, 2.75) is 0 Å². The van der Waals surface area contributed by atoms with Crippen LogP contribution in [0.25, 0.3) is 11.1 Å². The Kier molecular flexibility index (Phi) is 1.85. The van der Waals surface area contributed by atoms with Crippen molar-refractivity contribution in [1.82, 2.24) is 4.98 Å². The van der Waals surface area contributed by atoms with Crippen molar-refractivity contribution < 1.29 is 19.1 Å². The van der Waals surface area contributed by atoms with Gasteiger partial charge in [-0.1, -0.05) is 6.07 Å². The minimum atomic E-state index is -0.666. The Labute approximate surface area is 78.9 Å². The van der Waals surface area contributed by atoms with Gasteiger partial charge in [0.05, 0.1) is 7.11 Å². The molecule has 0 amide bonds. The van der Waals surface area contributed by atoms with Crippen molar-refractivity contribution in [3.63, 3.8) is 0 Å². The van der Waals surface area contributed by atoms with Crippen LogP contribution in [0.15, 0.2) is 22.6 Å². The van der Waals surface area contributed by atoms with Gasteiger partial charge in [-0.05, 0) is 12.1 Å². The number of phenols is 1. The standard InChI is InChI=1S/C9H7NO4/c1-13-9(12)8-10-5-3-2-4-6(11)7(5)14-8/h2-4,11H,1H3. The van der Waals surface area contributed by atoms with Crippen LogP contribution in [0.3, 0.4) is 0 Å². The first-order chi connectivity index (χ1) is 6.72. The van der Waals surface area contributed by atoms with Gasteiger partial charge in [0, 0.05) is 0 Å². The highest BCUT2D eigenvalue weighted by molar-refractivity contribution is 5.89. The van der Waals surface area contributed by atoms with Gasteiger partial charge in [-0.3, -0.25) is 0 Å². The van der Waals surface area contributed by atoms with Crippen molar-refractivity contribution in [1.29, 1.82) is 0 Å². The summed E-state index contributed by atoms with van der Waals surface area (Å²) in [6.45, 7) is 0. The lowest BCUT2D eigenvalue weighted by Crippen LogP contribution is -2.00. The number of carbonyl (C=O) groups is 1. The van der Waals surface area contributed by atoms with Crippen molar-refractivity contribution in [2.75, 3.05) is 7.11 Å². The van der Waals surface area contributed by atoms with Gasteiger partial charge in [0.15, 0.2) is 11.3 Å². The highest BCUT2D eigenvalue weighted by Crippen LogP contribution is 2.24. The summed E-state index contributed by atoms with van der Waals surface area (Å²) in [5, 5.41) is 9.35. The summed E-state index contributed by atoms with van der Waals surface area (Å²) in [6, 6.07) is 4.70. The van der Waals surface area contributed by atoms with E-state index in [0.717, 1.165) is 0 Å². The Morgan fingerprint density at radius 1 is 1.57 bits per heavy atom. The number of phenolic OH excluding ortho intramolecular Hbond substituents is 1. The average molecular weight is 193 g/mol. The topological polar surface area (TPSA) is 72.6 Å². The monoisotopic (exact) mass is 193 g/mol. The van der Waals surface area contributed by atoms with Gasteiger partial charge in [0.2, 0.25) is 0 Å². The second-order valence-corrected chi connectivity index (χ2v) is 2.64. The molecule has 1 aromatic carbocycles. The third-order valence-electron chi connectivity index (χ3n) is 1.75. The molecule has 14 heavy (non-hydrogen) atoms. The molecular formula is C9H7NO4. The maximum absolute atomic E-state index is 11.0. The molecule has 2 rings (SSSR count). The van der Waals surface area contributed by atoms with Crippen LogP contribution in [0, 0.1) is 0 Å². The molecule has 0 aliphatic carbocycles. The molecule has 0 unspecified atom stereocenters. The molecule has 0 fully saturated rings. The summed E-state index contributed by atoms with van der Waals surface area (Å²) in [7, 11) is 1.23. The van der Waals surface area contributed by atoms with Gasteiger partial charge < -0.3 is 14.3 Å². The van der Waals surface area contributed by atoms with Gasteiger partial charge >= 0.3 is 11.9 Å². The quantitative estimate of drug-likeness (QED) is 0.691. The summed E-state index contributed by atoms with van der Waals surface area (Å²) in [4.78, 5) is 14.9. The fourth-order valence-corrected chi connectivity index (χ4v) is 1.11. The van der Waals surface area contributed by atoms with E-state index in [0.29, 0.717) is 5.52 Å². The number of aromatic nitrogens is 1. The van der Waals surface area contributed by atoms with E-state index in [1.807, 2.05) is 0 Å². The molecule has 0 aliphatic heterocycles. The Bertz CT molecular complexity index is 489. The number of rotatable bonds is 1. The molecule has 0 saturated heterocycles. The fourth-order valence-electron chi connectivity index (χ4n) is 1.11. The molecule has 0 spiro atoms. The molecule has 1 heterocycles. The number of nitrogens with zero attached hydrogens (tertiary/aromatic N) is 1. The molecule has 0 saturated carbocycles. The minimum Gasteiger partial charge on any atom is -0.504 e. The van der Waals surface area contributed by atoms with E-state index >= 15 is 0 Å². The predicted octanol–water partition coefficient (Wildman–Crippen LogP) is 1.32. The highest BCUT2D eigenvalue weighted by atomic mass is 16.5. The van der Waals surface area contributed by atoms with Gasteiger partial charge in [-0.25, -0.2) is 9.78 Å².